The van der Waals surface area contributed by atoms with Gasteiger partial charge >= 0.3 is 23.9 Å². The number of hydrogen-bond donors (Lipinski definition) is 0. The highest BCUT2D eigenvalue weighted by atomic mass is 16.6. The van der Waals surface area contributed by atoms with Gasteiger partial charge in [0.1, 0.15) is 23.9 Å². The molecular weight excluding hydrogens is 602 g/mol. The lowest BCUT2D eigenvalue weighted by molar-refractivity contribution is -0.293. The minimum Gasteiger partial charge on any atom is -0.458 e. The molecule has 0 N–H and O–H groups in total. The Balaban J connectivity index is 1.53. The molecule has 47 heavy (non-hydrogen) atoms. The summed E-state index contributed by atoms with van der Waals surface area (Å²) in [5.41, 5.74) is -2.87. The SMILES string of the molecule is CC(=O)OC1C2C(OC(=O)c3cccnc3)C3(OC2(C)C)C(C)CCC(OC(=O)c2ccccc2)C3(C)C1OC(=O)c1ccccc1. The molecule has 6 rings (SSSR count). The molecule has 3 aliphatic rings. The van der Waals surface area contributed by atoms with Crippen LogP contribution < -0.4 is 0 Å². The summed E-state index contributed by atoms with van der Waals surface area (Å²) in [6.45, 7) is 8.80. The summed E-state index contributed by atoms with van der Waals surface area (Å²) >= 11 is 0. The Morgan fingerprint density at radius 2 is 1.28 bits per heavy atom. The number of carbonyl (C=O) groups is 4. The zero-order valence-electron chi connectivity index (χ0n) is 27.1. The Labute approximate surface area is 273 Å². The first-order valence-corrected chi connectivity index (χ1v) is 15.9. The highest BCUT2D eigenvalue weighted by Crippen LogP contribution is 2.68. The van der Waals surface area contributed by atoms with Crippen molar-refractivity contribution in [3.63, 3.8) is 0 Å². The van der Waals surface area contributed by atoms with Crippen LogP contribution in [0.4, 0.5) is 0 Å². The summed E-state index contributed by atoms with van der Waals surface area (Å²) in [6.07, 6.45) is -0.266. The third-order valence-electron chi connectivity index (χ3n) is 10.3. The van der Waals surface area contributed by atoms with Crippen molar-refractivity contribution >= 4 is 23.9 Å². The second kappa shape index (κ2) is 12.2. The lowest BCUT2D eigenvalue weighted by atomic mass is 9.48. The Hall–Kier alpha value is -4.57. The van der Waals surface area contributed by atoms with E-state index in [1.165, 1.54) is 13.1 Å². The van der Waals surface area contributed by atoms with Crippen molar-refractivity contribution < 1.29 is 42.9 Å². The van der Waals surface area contributed by atoms with E-state index in [9.17, 15) is 19.2 Å². The second-order valence-corrected chi connectivity index (χ2v) is 13.4. The van der Waals surface area contributed by atoms with Crippen molar-refractivity contribution in [1.29, 1.82) is 0 Å². The van der Waals surface area contributed by atoms with Crippen LogP contribution in [0.15, 0.2) is 85.2 Å². The van der Waals surface area contributed by atoms with E-state index in [1.807, 2.05) is 27.7 Å². The molecule has 2 aliphatic carbocycles. The van der Waals surface area contributed by atoms with Gasteiger partial charge in [0, 0.05) is 19.3 Å². The molecule has 0 radical (unpaired) electrons. The van der Waals surface area contributed by atoms with Crippen LogP contribution in [0.3, 0.4) is 0 Å². The quantitative estimate of drug-likeness (QED) is 0.238. The molecule has 1 aliphatic heterocycles. The van der Waals surface area contributed by atoms with E-state index >= 15 is 0 Å². The third kappa shape index (κ3) is 5.38. The van der Waals surface area contributed by atoms with E-state index in [-0.39, 0.29) is 11.5 Å². The Kier molecular flexibility index (Phi) is 8.42. The zero-order chi connectivity index (χ0) is 33.6. The topological polar surface area (TPSA) is 127 Å². The standard InChI is InChI=1S/C37H39NO9/c1-22-18-19-27(44-32(40)24-13-8-6-9-14-24)36(5)31(46-33(41)25-15-10-7-11-16-25)29(43-23(2)39)28-30(37(22,36)47-35(28,3)4)45-34(42)26-17-12-20-38-21-26/h6-17,20-22,27-31H,18-19H2,1-5H3. The van der Waals surface area contributed by atoms with Crippen LogP contribution in [0.2, 0.25) is 0 Å². The normalized spacial score (nSPS) is 31.9. The number of hydrogen-bond acceptors (Lipinski definition) is 10. The van der Waals surface area contributed by atoms with Gasteiger partial charge in [0.25, 0.3) is 0 Å². The number of pyridine rings is 1. The fraction of sp³-hybridized carbons (Fsp3) is 0.432. The average molecular weight is 642 g/mol. The van der Waals surface area contributed by atoms with Gasteiger partial charge in [-0.15, -0.1) is 0 Å². The van der Waals surface area contributed by atoms with Crippen molar-refractivity contribution in [1.82, 2.24) is 4.98 Å². The molecule has 8 atom stereocenters. The number of esters is 4. The van der Waals surface area contributed by atoms with E-state index in [2.05, 4.69) is 4.98 Å². The minimum absolute atomic E-state index is 0.236. The molecule has 2 heterocycles. The van der Waals surface area contributed by atoms with Gasteiger partial charge in [0.2, 0.25) is 0 Å². The molecule has 1 spiro atoms. The van der Waals surface area contributed by atoms with E-state index in [0.717, 1.165) is 0 Å². The maximum atomic E-state index is 13.8. The van der Waals surface area contributed by atoms with Crippen molar-refractivity contribution in [3.8, 4) is 0 Å². The fourth-order valence-electron chi connectivity index (χ4n) is 8.25. The van der Waals surface area contributed by atoms with E-state index in [4.69, 9.17) is 23.7 Å². The molecule has 2 saturated carbocycles. The lowest BCUT2D eigenvalue weighted by Gasteiger charge is -2.62. The molecule has 2 bridgehead atoms. The number of benzene rings is 2. The molecule has 10 heteroatoms. The predicted octanol–water partition coefficient (Wildman–Crippen LogP) is 5.60. The van der Waals surface area contributed by atoms with Crippen LogP contribution >= 0.6 is 0 Å². The molecule has 1 saturated heterocycles. The van der Waals surface area contributed by atoms with Crippen molar-refractivity contribution in [2.75, 3.05) is 0 Å². The van der Waals surface area contributed by atoms with Crippen molar-refractivity contribution in [3.05, 3.63) is 102 Å². The van der Waals surface area contributed by atoms with Gasteiger partial charge in [0.15, 0.2) is 6.10 Å². The Bertz CT molecular complexity index is 1650. The molecule has 3 fully saturated rings. The maximum absolute atomic E-state index is 13.8. The summed E-state index contributed by atoms with van der Waals surface area (Å²) in [7, 11) is 0. The maximum Gasteiger partial charge on any atom is 0.340 e. The first-order valence-electron chi connectivity index (χ1n) is 15.9. The summed E-state index contributed by atoms with van der Waals surface area (Å²) < 4.78 is 32.3. The summed E-state index contributed by atoms with van der Waals surface area (Å²) in [4.78, 5) is 58.1. The fourth-order valence-corrected chi connectivity index (χ4v) is 8.25. The Morgan fingerprint density at radius 3 is 1.85 bits per heavy atom. The molecule has 10 nitrogen and oxygen atoms in total. The van der Waals surface area contributed by atoms with Gasteiger partial charge in [0.05, 0.1) is 33.6 Å². The summed E-state index contributed by atoms with van der Waals surface area (Å²) in [5, 5.41) is 0. The van der Waals surface area contributed by atoms with Gasteiger partial charge in [-0.1, -0.05) is 43.3 Å². The summed E-state index contributed by atoms with van der Waals surface area (Å²) in [6, 6.07) is 20.3. The zero-order valence-corrected chi connectivity index (χ0v) is 27.1. The average Bonchev–Trinajstić information content (AvgIpc) is 3.27. The monoisotopic (exact) mass is 641 g/mol. The van der Waals surface area contributed by atoms with E-state index in [0.29, 0.717) is 24.0 Å². The first-order chi connectivity index (χ1) is 22.4. The first kappa shape index (κ1) is 32.4. The van der Waals surface area contributed by atoms with Crippen LogP contribution in [0.25, 0.3) is 0 Å². The van der Waals surface area contributed by atoms with Crippen LogP contribution in [-0.4, -0.2) is 64.5 Å². The molecule has 246 valence electrons. The lowest BCUT2D eigenvalue weighted by Crippen LogP contribution is -2.76. The predicted molar refractivity (Wildman–Crippen MR) is 168 cm³/mol. The van der Waals surface area contributed by atoms with Gasteiger partial charge < -0.3 is 23.7 Å². The van der Waals surface area contributed by atoms with Gasteiger partial charge in [-0.25, -0.2) is 14.4 Å². The number of fused-ring (bicyclic) bond motifs is 1. The molecule has 0 amide bonds. The van der Waals surface area contributed by atoms with Crippen LogP contribution in [-0.2, 0) is 28.5 Å². The van der Waals surface area contributed by atoms with Gasteiger partial charge in [-0.3, -0.25) is 9.78 Å². The van der Waals surface area contributed by atoms with E-state index < -0.39 is 70.8 Å². The van der Waals surface area contributed by atoms with E-state index in [1.54, 1.807) is 79.0 Å². The van der Waals surface area contributed by atoms with Crippen LogP contribution in [0.5, 0.6) is 0 Å². The van der Waals surface area contributed by atoms with Gasteiger partial charge in [-0.05, 0) is 75.9 Å². The molecular formula is C37H39NO9. The van der Waals surface area contributed by atoms with Crippen LogP contribution in [0, 0.1) is 17.3 Å². The molecule has 3 aromatic rings. The van der Waals surface area contributed by atoms with Crippen molar-refractivity contribution in [2.45, 2.75) is 83.1 Å². The smallest absolute Gasteiger partial charge is 0.340 e. The highest BCUT2D eigenvalue weighted by Gasteiger charge is 2.82. The second-order valence-electron chi connectivity index (χ2n) is 13.4. The largest absolute Gasteiger partial charge is 0.458 e. The number of carbonyl (C=O) groups excluding carboxylic acids is 4. The number of rotatable bonds is 7. The highest BCUT2D eigenvalue weighted by molar-refractivity contribution is 5.91. The van der Waals surface area contributed by atoms with Crippen LogP contribution in [0.1, 0.15) is 78.5 Å². The third-order valence-corrected chi connectivity index (χ3v) is 10.3. The number of ether oxygens (including phenoxy) is 5. The van der Waals surface area contributed by atoms with Crippen molar-refractivity contribution in [2.24, 2.45) is 17.3 Å². The molecule has 2 aromatic carbocycles. The number of aromatic nitrogens is 1. The summed E-state index contributed by atoms with van der Waals surface area (Å²) in [5.74, 6) is -3.49. The number of nitrogens with zero attached hydrogens (tertiary/aromatic N) is 1. The molecule has 8 unspecified atom stereocenters. The Morgan fingerprint density at radius 1 is 0.723 bits per heavy atom. The molecule has 1 aromatic heterocycles. The van der Waals surface area contributed by atoms with Gasteiger partial charge in [-0.2, -0.15) is 0 Å². The minimum atomic E-state index is -1.37.